The second-order valence-corrected chi connectivity index (χ2v) is 8.58. The van der Waals surface area contributed by atoms with E-state index in [2.05, 4.69) is 25.2 Å². The van der Waals surface area contributed by atoms with Gasteiger partial charge in [0.25, 0.3) is 11.6 Å². The minimum atomic E-state index is -0.444. The lowest BCUT2D eigenvalue weighted by Crippen LogP contribution is -2.28. The van der Waals surface area contributed by atoms with Gasteiger partial charge in [-0.3, -0.25) is 14.9 Å². The molecule has 34 heavy (non-hydrogen) atoms. The summed E-state index contributed by atoms with van der Waals surface area (Å²) in [7, 11) is 1.66. The highest BCUT2D eigenvalue weighted by atomic mass is 16.6. The number of carbonyl (C=O) groups excluding carboxylic acids is 1. The molecule has 0 aliphatic carbocycles. The van der Waals surface area contributed by atoms with Crippen LogP contribution >= 0.6 is 0 Å². The number of rotatable bonds is 8. The smallest absolute Gasteiger partial charge is 0.270 e. The maximum absolute atomic E-state index is 13.5. The number of nitro benzene ring substituents is 1. The molecule has 0 fully saturated rings. The zero-order chi connectivity index (χ0) is 24.8. The number of benzene rings is 3. The Hall–Kier alpha value is -3.93. The fourth-order valence-electron chi connectivity index (χ4n) is 3.95. The fraction of sp³-hybridized carbons (Fsp3) is 0.250. The standard InChI is InChI=1S/C28H30N2O4/c1-18(2)24-17-25(19(3)14-27(24)34-5)20(4)29-28(31)26(22-11-7-6-8-12-22)16-21-10-9-13-23(15-21)30(32)33/h6-18,20H,1-5H3,(H,29,31)/b26-16+/t20-/m1/s1. The summed E-state index contributed by atoms with van der Waals surface area (Å²) in [6, 6.07) is 19.4. The van der Waals surface area contributed by atoms with Gasteiger partial charge in [-0.2, -0.15) is 0 Å². The summed E-state index contributed by atoms with van der Waals surface area (Å²) < 4.78 is 5.55. The van der Waals surface area contributed by atoms with E-state index in [1.807, 2.05) is 50.2 Å². The van der Waals surface area contributed by atoms with Crippen LogP contribution in [0.3, 0.4) is 0 Å². The van der Waals surface area contributed by atoms with Crippen molar-refractivity contribution in [2.45, 2.75) is 39.7 Å². The third-order valence-corrected chi connectivity index (χ3v) is 5.78. The van der Waals surface area contributed by atoms with Crippen molar-refractivity contribution in [3.8, 4) is 5.75 Å². The van der Waals surface area contributed by atoms with Gasteiger partial charge in [0.15, 0.2) is 0 Å². The Morgan fingerprint density at radius 1 is 1.00 bits per heavy atom. The van der Waals surface area contributed by atoms with Crippen molar-refractivity contribution in [2.75, 3.05) is 7.11 Å². The Morgan fingerprint density at radius 2 is 1.71 bits per heavy atom. The average molecular weight is 459 g/mol. The van der Waals surface area contributed by atoms with Gasteiger partial charge in [0.2, 0.25) is 0 Å². The second kappa shape index (κ2) is 10.8. The number of amides is 1. The van der Waals surface area contributed by atoms with Gasteiger partial charge in [0.05, 0.1) is 18.1 Å². The van der Waals surface area contributed by atoms with E-state index in [4.69, 9.17) is 4.74 Å². The average Bonchev–Trinajstić information content (AvgIpc) is 2.82. The molecule has 3 aromatic rings. The predicted octanol–water partition coefficient (Wildman–Crippen LogP) is 6.45. The maximum atomic E-state index is 13.5. The van der Waals surface area contributed by atoms with Crippen LogP contribution < -0.4 is 10.1 Å². The normalized spacial score (nSPS) is 12.4. The predicted molar refractivity (Wildman–Crippen MR) is 136 cm³/mol. The Kier molecular flexibility index (Phi) is 7.84. The van der Waals surface area contributed by atoms with Gasteiger partial charge in [0, 0.05) is 17.7 Å². The van der Waals surface area contributed by atoms with Crippen LogP contribution in [0.4, 0.5) is 5.69 Å². The Bertz CT molecular complexity index is 1220. The summed E-state index contributed by atoms with van der Waals surface area (Å²) in [5.74, 6) is 0.850. The van der Waals surface area contributed by atoms with Gasteiger partial charge in [-0.05, 0) is 65.8 Å². The number of hydrogen-bond donors (Lipinski definition) is 1. The molecule has 176 valence electrons. The van der Waals surface area contributed by atoms with Crippen LogP contribution in [0.25, 0.3) is 11.6 Å². The van der Waals surface area contributed by atoms with Gasteiger partial charge in [-0.25, -0.2) is 0 Å². The molecule has 6 heteroatoms. The van der Waals surface area contributed by atoms with Crippen LogP contribution in [-0.4, -0.2) is 17.9 Å². The van der Waals surface area contributed by atoms with E-state index in [0.717, 1.165) is 28.0 Å². The molecule has 0 unspecified atom stereocenters. The quantitative estimate of drug-likeness (QED) is 0.182. The van der Waals surface area contributed by atoms with Crippen molar-refractivity contribution in [1.82, 2.24) is 5.32 Å². The lowest BCUT2D eigenvalue weighted by atomic mass is 9.93. The summed E-state index contributed by atoms with van der Waals surface area (Å²) in [6.45, 7) is 8.17. The molecule has 0 radical (unpaired) electrons. The molecule has 0 aliphatic rings. The molecule has 6 nitrogen and oxygen atoms in total. The molecular formula is C28H30N2O4. The molecule has 0 spiro atoms. The van der Waals surface area contributed by atoms with Gasteiger partial charge in [-0.15, -0.1) is 0 Å². The van der Waals surface area contributed by atoms with E-state index in [-0.39, 0.29) is 23.6 Å². The highest BCUT2D eigenvalue weighted by molar-refractivity contribution is 6.24. The number of ether oxygens (including phenoxy) is 1. The molecule has 0 bridgehead atoms. The highest BCUT2D eigenvalue weighted by Crippen LogP contribution is 2.32. The molecular weight excluding hydrogens is 428 g/mol. The van der Waals surface area contributed by atoms with Crippen LogP contribution in [-0.2, 0) is 4.79 Å². The van der Waals surface area contributed by atoms with Crippen molar-refractivity contribution in [2.24, 2.45) is 0 Å². The summed E-state index contributed by atoms with van der Waals surface area (Å²) in [6.07, 6.45) is 1.69. The first-order valence-corrected chi connectivity index (χ1v) is 11.2. The van der Waals surface area contributed by atoms with E-state index < -0.39 is 4.92 Å². The van der Waals surface area contributed by atoms with E-state index in [1.54, 1.807) is 25.3 Å². The molecule has 0 saturated carbocycles. The summed E-state index contributed by atoms with van der Waals surface area (Å²) >= 11 is 0. The molecule has 0 aliphatic heterocycles. The Balaban J connectivity index is 1.98. The monoisotopic (exact) mass is 458 g/mol. The number of carbonyl (C=O) groups is 1. The van der Waals surface area contributed by atoms with Gasteiger partial charge in [0.1, 0.15) is 5.75 Å². The number of nitrogens with one attached hydrogen (secondary N) is 1. The van der Waals surface area contributed by atoms with Crippen molar-refractivity contribution in [1.29, 1.82) is 0 Å². The topological polar surface area (TPSA) is 81.5 Å². The maximum Gasteiger partial charge on any atom is 0.270 e. The van der Waals surface area contributed by atoms with Crippen LogP contribution in [0.15, 0.2) is 66.7 Å². The molecule has 0 aromatic heterocycles. The van der Waals surface area contributed by atoms with Crippen LogP contribution in [0.1, 0.15) is 60.5 Å². The van der Waals surface area contributed by atoms with E-state index in [0.29, 0.717) is 11.1 Å². The van der Waals surface area contributed by atoms with E-state index >= 15 is 0 Å². The fourth-order valence-corrected chi connectivity index (χ4v) is 3.95. The number of non-ortho nitro benzene ring substituents is 1. The highest BCUT2D eigenvalue weighted by Gasteiger charge is 2.20. The van der Waals surface area contributed by atoms with Crippen molar-refractivity contribution in [3.05, 3.63) is 105 Å². The van der Waals surface area contributed by atoms with Crippen molar-refractivity contribution in [3.63, 3.8) is 0 Å². The second-order valence-electron chi connectivity index (χ2n) is 8.58. The summed E-state index contributed by atoms with van der Waals surface area (Å²) in [5.41, 5.74) is 4.85. The van der Waals surface area contributed by atoms with Crippen LogP contribution in [0.2, 0.25) is 0 Å². The number of methoxy groups -OCH3 is 1. The number of nitrogens with zero attached hydrogens (tertiary/aromatic N) is 1. The van der Waals surface area contributed by atoms with Crippen molar-refractivity contribution >= 4 is 23.2 Å². The lowest BCUT2D eigenvalue weighted by molar-refractivity contribution is -0.384. The first-order chi connectivity index (χ1) is 16.2. The molecule has 3 aromatic carbocycles. The summed E-state index contributed by atoms with van der Waals surface area (Å²) in [4.78, 5) is 24.2. The number of hydrogen-bond acceptors (Lipinski definition) is 4. The Labute approximate surface area is 200 Å². The van der Waals surface area contributed by atoms with Gasteiger partial charge in [-0.1, -0.05) is 56.3 Å². The molecule has 0 heterocycles. The zero-order valence-corrected chi connectivity index (χ0v) is 20.2. The largest absolute Gasteiger partial charge is 0.496 e. The third-order valence-electron chi connectivity index (χ3n) is 5.78. The SMILES string of the molecule is COc1cc(C)c([C@@H](C)NC(=O)/C(=C/c2cccc([N+](=O)[O-])c2)c2ccccc2)cc1C(C)C. The minimum absolute atomic E-state index is 0.0231. The van der Waals surface area contributed by atoms with E-state index in [9.17, 15) is 14.9 Å². The number of aryl methyl sites for hydroxylation is 1. The lowest BCUT2D eigenvalue weighted by Gasteiger charge is -2.21. The first kappa shape index (κ1) is 24.7. The first-order valence-electron chi connectivity index (χ1n) is 11.2. The molecule has 1 amide bonds. The minimum Gasteiger partial charge on any atom is -0.496 e. The molecule has 0 saturated heterocycles. The molecule has 1 N–H and O–H groups in total. The van der Waals surface area contributed by atoms with Gasteiger partial charge < -0.3 is 10.1 Å². The molecule has 1 atom stereocenters. The number of nitro groups is 1. The zero-order valence-electron chi connectivity index (χ0n) is 20.2. The van der Waals surface area contributed by atoms with E-state index in [1.165, 1.54) is 12.1 Å². The van der Waals surface area contributed by atoms with Crippen LogP contribution in [0, 0.1) is 17.0 Å². The summed E-state index contributed by atoms with van der Waals surface area (Å²) in [5, 5.41) is 14.3. The third kappa shape index (κ3) is 5.70. The van der Waals surface area contributed by atoms with Crippen LogP contribution in [0.5, 0.6) is 5.75 Å². The molecule has 3 rings (SSSR count). The Morgan fingerprint density at radius 3 is 2.32 bits per heavy atom. The van der Waals surface area contributed by atoms with Crippen molar-refractivity contribution < 1.29 is 14.5 Å². The van der Waals surface area contributed by atoms with Gasteiger partial charge >= 0.3 is 0 Å².